The number of amides is 2. The fourth-order valence-corrected chi connectivity index (χ4v) is 2.89. The number of rotatable bonds is 10. The van der Waals surface area contributed by atoms with Gasteiger partial charge in [-0.2, -0.15) is 8.61 Å². The molecule has 0 aliphatic heterocycles. The third kappa shape index (κ3) is 8.90. The number of sulfonamides is 2. The van der Waals surface area contributed by atoms with Gasteiger partial charge < -0.3 is 10.6 Å². The lowest BCUT2D eigenvalue weighted by molar-refractivity contribution is -0.122. The van der Waals surface area contributed by atoms with Gasteiger partial charge in [-0.15, -0.1) is 0 Å². The van der Waals surface area contributed by atoms with E-state index in [1.54, 1.807) is 31.2 Å². The van der Waals surface area contributed by atoms with Gasteiger partial charge >= 0.3 is 0 Å². The Kier molecular flexibility index (Phi) is 8.75. The fraction of sp³-hybridized carbons (Fsp3) is 0.529. The van der Waals surface area contributed by atoms with E-state index in [0.717, 1.165) is 32.2 Å². The van der Waals surface area contributed by atoms with E-state index in [0.29, 0.717) is 0 Å². The summed E-state index contributed by atoms with van der Waals surface area (Å²) in [6.07, 6.45) is 2.05. The average Bonchev–Trinajstić information content (AvgIpc) is 2.58. The van der Waals surface area contributed by atoms with Crippen LogP contribution in [-0.2, 0) is 36.2 Å². The molecule has 0 aromatic heterocycles. The molecule has 0 heterocycles. The Morgan fingerprint density at radius 3 is 1.79 bits per heavy atom. The third-order valence-electron chi connectivity index (χ3n) is 4.21. The van der Waals surface area contributed by atoms with Crippen molar-refractivity contribution in [3.8, 4) is 0 Å². The molecule has 0 unspecified atom stereocenters. The van der Waals surface area contributed by atoms with E-state index in [9.17, 15) is 26.4 Å². The van der Waals surface area contributed by atoms with Gasteiger partial charge in [0.05, 0.1) is 31.6 Å². The zero-order chi connectivity index (χ0) is 22.4. The molecule has 0 spiro atoms. The van der Waals surface area contributed by atoms with Crippen LogP contribution in [0.15, 0.2) is 24.3 Å². The molecule has 0 saturated carbocycles. The monoisotopic (exact) mass is 448 g/mol. The van der Waals surface area contributed by atoms with Crippen LogP contribution in [0.1, 0.15) is 24.1 Å². The molecule has 0 aliphatic rings. The van der Waals surface area contributed by atoms with E-state index >= 15 is 0 Å². The molecule has 1 aromatic carbocycles. The summed E-state index contributed by atoms with van der Waals surface area (Å²) in [5, 5.41) is 5.37. The molecule has 2 N–H and O–H groups in total. The zero-order valence-electron chi connectivity index (χ0n) is 17.2. The van der Waals surface area contributed by atoms with Gasteiger partial charge in [-0.3, -0.25) is 9.59 Å². The molecule has 0 saturated heterocycles. The molecule has 1 rings (SSSR count). The summed E-state index contributed by atoms with van der Waals surface area (Å²) >= 11 is 0. The SMILES string of the molecule is C[C@@H](NC(=O)CN(C)S(C)(=O)=O)c1ccc(CNC(=O)CN(C)S(C)(=O)=O)cc1. The normalized spacial score (nSPS) is 13.3. The number of likely N-dealkylation sites (N-methyl/N-ethyl adjacent to an activating group) is 2. The highest BCUT2D eigenvalue weighted by Gasteiger charge is 2.17. The van der Waals surface area contributed by atoms with Crippen LogP contribution in [0, 0.1) is 0 Å². The Labute approximate surface area is 172 Å². The number of nitrogens with zero attached hydrogens (tertiary/aromatic N) is 2. The molecular formula is C17H28N4O6S2. The molecule has 164 valence electrons. The minimum atomic E-state index is -3.43. The number of nitrogens with one attached hydrogen (secondary N) is 2. The van der Waals surface area contributed by atoms with Crippen molar-refractivity contribution in [2.24, 2.45) is 0 Å². The number of hydrogen-bond donors (Lipinski definition) is 2. The summed E-state index contributed by atoms with van der Waals surface area (Å²) < 4.78 is 47.3. The minimum absolute atomic E-state index is 0.233. The smallest absolute Gasteiger partial charge is 0.235 e. The van der Waals surface area contributed by atoms with Gasteiger partial charge in [-0.05, 0) is 18.1 Å². The Morgan fingerprint density at radius 1 is 0.897 bits per heavy atom. The van der Waals surface area contributed by atoms with Crippen LogP contribution in [0.5, 0.6) is 0 Å². The fourth-order valence-electron chi connectivity index (χ4n) is 2.19. The highest BCUT2D eigenvalue weighted by atomic mass is 32.2. The van der Waals surface area contributed by atoms with E-state index in [1.165, 1.54) is 14.1 Å². The molecule has 0 aliphatic carbocycles. The number of carbonyl (C=O) groups excluding carboxylic acids is 2. The molecule has 12 heteroatoms. The summed E-state index contributed by atoms with van der Waals surface area (Å²) in [5.74, 6) is -0.839. The topological polar surface area (TPSA) is 133 Å². The molecular weight excluding hydrogens is 420 g/mol. The first-order valence-electron chi connectivity index (χ1n) is 8.67. The van der Waals surface area contributed by atoms with Crippen LogP contribution in [0.25, 0.3) is 0 Å². The quantitative estimate of drug-likeness (QED) is 0.485. The molecule has 1 aromatic rings. The van der Waals surface area contributed by atoms with E-state index in [4.69, 9.17) is 0 Å². The second-order valence-corrected chi connectivity index (χ2v) is 11.0. The summed E-state index contributed by atoms with van der Waals surface area (Å²) in [5.41, 5.74) is 1.62. The molecule has 2 amide bonds. The van der Waals surface area contributed by atoms with Crippen molar-refractivity contribution in [1.82, 2.24) is 19.2 Å². The Hall–Kier alpha value is -2.02. The highest BCUT2D eigenvalue weighted by molar-refractivity contribution is 7.88. The summed E-state index contributed by atoms with van der Waals surface area (Å²) in [6, 6.07) is 6.80. The van der Waals surface area contributed by atoms with E-state index in [-0.39, 0.29) is 25.7 Å². The van der Waals surface area contributed by atoms with Gasteiger partial charge in [0.1, 0.15) is 0 Å². The molecule has 1 atom stereocenters. The van der Waals surface area contributed by atoms with Gasteiger partial charge in [0.15, 0.2) is 0 Å². The Morgan fingerprint density at radius 2 is 1.34 bits per heavy atom. The van der Waals surface area contributed by atoms with E-state index in [2.05, 4.69) is 10.6 Å². The first kappa shape index (κ1) is 25.0. The lowest BCUT2D eigenvalue weighted by atomic mass is 10.1. The molecule has 29 heavy (non-hydrogen) atoms. The van der Waals surface area contributed by atoms with E-state index < -0.39 is 31.9 Å². The maximum absolute atomic E-state index is 12.0. The van der Waals surface area contributed by atoms with Crippen molar-refractivity contribution in [2.75, 3.05) is 39.7 Å². The lowest BCUT2D eigenvalue weighted by Gasteiger charge is -2.18. The van der Waals surface area contributed by atoms with Crippen molar-refractivity contribution >= 4 is 31.9 Å². The number of benzene rings is 1. The number of carbonyl (C=O) groups is 2. The second-order valence-electron chi connectivity index (χ2n) is 6.85. The molecule has 0 bridgehead atoms. The predicted molar refractivity (Wildman–Crippen MR) is 110 cm³/mol. The lowest BCUT2D eigenvalue weighted by Crippen LogP contribution is -2.38. The van der Waals surface area contributed by atoms with Crippen LogP contribution >= 0.6 is 0 Å². The Bertz CT molecular complexity index is 929. The van der Waals surface area contributed by atoms with Crippen molar-refractivity contribution in [2.45, 2.75) is 19.5 Å². The van der Waals surface area contributed by atoms with Gasteiger partial charge in [0, 0.05) is 20.6 Å². The first-order chi connectivity index (χ1) is 13.2. The average molecular weight is 449 g/mol. The van der Waals surface area contributed by atoms with Crippen LogP contribution in [0.2, 0.25) is 0 Å². The minimum Gasteiger partial charge on any atom is -0.351 e. The predicted octanol–water partition coefficient (Wildman–Crippen LogP) is -0.737. The maximum Gasteiger partial charge on any atom is 0.235 e. The van der Waals surface area contributed by atoms with Crippen LogP contribution < -0.4 is 10.6 Å². The summed E-state index contributed by atoms with van der Waals surface area (Å²) in [7, 11) is -4.20. The Balaban J connectivity index is 2.56. The summed E-state index contributed by atoms with van der Waals surface area (Å²) in [4.78, 5) is 23.8. The van der Waals surface area contributed by atoms with Gasteiger partial charge in [-0.1, -0.05) is 24.3 Å². The first-order valence-corrected chi connectivity index (χ1v) is 12.4. The summed E-state index contributed by atoms with van der Waals surface area (Å²) in [6.45, 7) is 1.48. The van der Waals surface area contributed by atoms with Crippen molar-refractivity contribution < 1.29 is 26.4 Å². The van der Waals surface area contributed by atoms with Crippen LogP contribution in [0.3, 0.4) is 0 Å². The van der Waals surface area contributed by atoms with Crippen molar-refractivity contribution in [3.63, 3.8) is 0 Å². The third-order valence-corrected chi connectivity index (χ3v) is 6.73. The van der Waals surface area contributed by atoms with Crippen molar-refractivity contribution in [3.05, 3.63) is 35.4 Å². The van der Waals surface area contributed by atoms with E-state index in [1.807, 2.05) is 0 Å². The largest absolute Gasteiger partial charge is 0.351 e. The van der Waals surface area contributed by atoms with Gasteiger partial charge in [0.2, 0.25) is 31.9 Å². The van der Waals surface area contributed by atoms with Crippen LogP contribution in [-0.4, -0.2) is 77.0 Å². The maximum atomic E-state index is 12.0. The van der Waals surface area contributed by atoms with Gasteiger partial charge in [-0.25, -0.2) is 16.8 Å². The molecule has 10 nitrogen and oxygen atoms in total. The standard InChI is InChI=1S/C17H28N4O6S2/c1-13(19-17(23)12-21(3)29(5,26)27)15-8-6-14(7-9-15)10-18-16(22)11-20(2)28(4,24)25/h6-9,13H,10-12H2,1-5H3,(H,18,22)(H,19,23)/t13-/m1/s1. The molecule has 0 radical (unpaired) electrons. The molecule has 0 fully saturated rings. The zero-order valence-corrected chi connectivity index (χ0v) is 18.8. The second kappa shape index (κ2) is 10.1. The van der Waals surface area contributed by atoms with Crippen LogP contribution in [0.4, 0.5) is 0 Å². The van der Waals surface area contributed by atoms with Gasteiger partial charge in [0.25, 0.3) is 0 Å². The highest BCUT2D eigenvalue weighted by Crippen LogP contribution is 2.13. The van der Waals surface area contributed by atoms with Crippen molar-refractivity contribution in [1.29, 1.82) is 0 Å². The number of hydrogen-bond acceptors (Lipinski definition) is 6.